The van der Waals surface area contributed by atoms with Crippen LogP contribution in [0.1, 0.15) is 0 Å². The molecule has 0 spiro atoms. The highest BCUT2D eigenvalue weighted by Gasteiger charge is 2.26. The Kier molecular flexibility index (Phi) is 11.0. The Morgan fingerprint density at radius 2 is 1.58 bits per heavy atom. The third-order valence-corrected chi connectivity index (χ3v) is 7.61. The maximum absolute atomic E-state index is 13.2. The quantitative estimate of drug-likeness (QED) is 0.152. The van der Waals surface area contributed by atoms with Gasteiger partial charge in [0.1, 0.15) is 4.90 Å². The van der Waals surface area contributed by atoms with E-state index in [9.17, 15) is 35.4 Å². The van der Waals surface area contributed by atoms with Gasteiger partial charge in [-0.2, -0.15) is 16.8 Å². The van der Waals surface area contributed by atoms with E-state index in [0.29, 0.717) is 32.8 Å². The number of nitrogens with one attached hydrogen (secondary N) is 1. The van der Waals surface area contributed by atoms with Crippen molar-refractivity contribution in [3.63, 3.8) is 0 Å². The van der Waals surface area contributed by atoms with Crippen LogP contribution in [0.15, 0.2) is 23.1 Å². The van der Waals surface area contributed by atoms with Crippen LogP contribution in [-0.4, -0.2) is 113 Å². The Morgan fingerprint density at radius 3 is 2.08 bits per heavy atom. The van der Waals surface area contributed by atoms with Crippen LogP contribution in [0.3, 0.4) is 0 Å². The smallest absolute Gasteiger partial charge is 0.270 e. The van der Waals surface area contributed by atoms with Gasteiger partial charge in [-0.1, -0.05) is 0 Å². The summed E-state index contributed by atoms with van der Waals surface area (Å²) in [6.45, 7) is 1.60. The van der Waals surface area contributed by atoms with Crippen molar-refractivity contribution in [2.45, 2.75) is 4.90 Å². The first-order chi connectivity index (χ1) is 16.7. The van der Waals surface area contributed by atoms with Crippen molar-refractivity contribution in [3.8, 4) is 0 Å². The first-order valence-corrected chi connectivity index (χ1v) is 15.8. The lowest BCUT2D eigenvalue weighted by atomic mass is 10.2. The standard InChI is InChI=1S/C18H30N4O11S3/c1-34(25,26)32-13-9-21(10-14-33-35(2,27)28)17-4-3-16(22(23)24)15-18(17)36(29,30)19-5-6-20-7-11-31-12-8-20/h3-4,15,19H,5-14H2,1-2H3. The zero-order chi connectivity index (χ0) is 27.0. The summed E-state index contributed by atoms with van der Waals surface area (Å²) in [5.41, 5.74) is -0.499. The van der Waals surface area contributed by atoms with E-state index in [0.717, 1.165) is 24.6 Å². The van der Waals surface area contributed by atoms with Gasteiger partial charge in [-0.15, -0.1) is 0 Å². The maximum Gasteiger partial charge on any atom is 0.270 e. The van der Waals surface area contributed by atoms with Crippen LogP contribution in [0.4, 0.5) is 11.4 Å². The van der Waals surface area contributed by atoms with E-state index < -0.39 is 59.0 Å². The number of anilines is 1. The van der Waals surface area contributed by atoms with Gasteiger partial charge in [-0.25, -0.2) is 13.1 Å². The summed E-state index contributed by atoms with van der Waals surface area (Å²) >= 11 is 0. The predicted octanol–water partition coefficient (Wildman–Crippen LogP) is -1.04. The molecule has 1 aromatic rings. The fourth-order valence-corrected chi connectivity index (χ4v) is 5.30. The molecule has 0 atom stereocenters. The Bertz CT molecular complexity index is 1180. The van der Waals surface area contributed by atoms with Gasteiger partial charge in [0.25, 0.3) is 25.9 Å². The molecule has 2 rings (SSSR count). The number of hydrogen-bond acceptors (Lipinski definition) is 13. The van der Waals surface area contributed by atoms with E-state index in [-0.39, 0.29) is 25.3 Å². The van der Waals surface area contributed by atoms with Crippen LogP contribution in [0, 0.1) is 10.1 Å². The van der Waals surface area contributed by atoms with E-state index in [1.807, 2.05) is 4.90 Å². The van der Waals surface area contributed by atoms with Crippen molar-refractivity contribution in [1.29, 1.82) is 0 Å². The van der Waals surface area contributed by atoms with E-state index in [1.165, 1.54) is 11.0 Å². The number of nitrogens with zero attached hydrogens (tertiary/aromatic N) is 3. The average molecular weight is 575 g/mol. The number of sulfonamides is 1. The number of benzene rings is 1. The van der Waals surface area contributed by atoms with Crippen LogP contribution in [0.5, 0.6) is 0 Å². The SMILES string of the molecule is CS(=O)(=O)OCCN(CCOS(C)(=O)=O)c1ccc([N+](=O)[O-])cc1S(=O)(=O)NCCN1CCOCC1. The summed E-state index contributed by atoms with van der Waals surface area (Å²) in [5.74, 6) is 0. The molecule has 0 amide bonds. The third-order valence-electron chi connectivity index (χ3n) is 4.93. The highest BCUT2D eigenvalue weighted by Crippen LogP contribution is 2.29. The number of non-ortho nitro benzene ring substituents is 1. The molecule has 206 valence electrons. The van der Waals surface area contributed by atoms with Crippen molar-refractivity contribution >= 4 is 41.6 Å². The van der Waals surface area contributed by atoms with E-state index in [2.05, 4.69) is 4.72 Å². The van der Waals surface area contributed by atoms with Crippen LogP contribution in [0.2, 0.25) is 0 Å². The van der Waals surface area contributed by atoms with Crippen LogP contribution < -0.4 is 9.62 Å². The summed E-state index contributed by atoms with van der Waals surface area (Å²) in [6.07, 6.45) is 1.68. The molecular formula is C18H30N4O11S3. The number of hydrogen-bond donors (Lipinski definition) is 1. The second kappa shape index (κ2) is 13.0. The molecule has 15 nitrogen and oxygen atoms in total. The Hall–Kier alpha value is -1.93. The van der Waals surface area contributed by atoms with Gasteiger partial charge in [0.2, 0.25) is 10.0 Å². The Balaban J connectivity index is 2.33. The van der Waals surface area contributed by atoms with Gasteiger partial charge in [0, 0.05) is 51.4 Å². The summed E-state index contributed by atoms with van der Waals surface area (Å²) in [7, 11) is -11.9. The monoisotopic (exact) mass is 574 g/mol. The minimum absolute atomic E-state index is 0.0197. The molecule has 36 heavy (non-hydrogen) atoms. The van der Waals surface area contributed by atoms with Crippen molar-refractivity contribution < 1.29 is 43.3 Å². The minimum Gasteiger partial charge on any atom is -0.379 e. The minimum atomic E-state index is -4.27. The second-order valence-electron chi connectivity index (χ2n) is 7.80. The van der Waals surface area contributed by atoms with Gasteiger partial charge in [-0.3, -0.25) is 23.4 Å². The van der Waals surface area contributed by atoms with Crippen molar-refractivity contribution in [2.75, 3.05) is 83.1 Å². The molecule has 18 heteroatoms. The van der Waals surface area contributed by atoms with Gasteiger partial charge in [0.15, 0.2) is 0 Å². The molecule has 1 fully saturated rings. The van der Waals surface area contributed by atoms with Crippen molar-refractivity contribution in [3.05, 3.63) is 28.3 Å². The number of ether oxygens (including phenoxy) is 1. The zero-order valence-electron chi connectivity index (χ0n) is 19.9. The summed E-state index contributed by atoms with van der Waals surface area (Å²) < 4.78 is 88.9. The maximum atomic E-state index is 13.2. The summed E-state index contributed by atoms with van der Waals surface area (Å²) in [6, 6.07) is 3.16. The Morgan fingerprint density at radius 1 is 1.03 bits per heavy atom. The fraction of sp³-hybridized carbons (Fsp3) is 0.667. The number of nitro benzene ring substituents is 1. The van der Waals surface area contributed by atoms with E-state index >= 15 is 0 Å². The van der Waals surface area contributed by atoms with Crippen LogP contribution in [-0.2, 0) is 43.4 Å². The highest BCUT2D eigenvalue weighted by molar-refractivity contribution is 7.89. The molecule has 1 aliphatic heterocycles. The van der Waals surface area contributed by atoms with Crippen LogP contribution >= 0.6 is 0 Å². The molecule has 1 aliphatic rings. The first-order valence-electron chi connectivity index (χ1n) is 10.7. The van der Waals surface area contributed by atoms with Gasteiger partial charge >= 0.3 is 0 Å². The molecule has 1 aromatic carbocycles. The predicted molar refractivity (Wildman–Crippen MR) is 129 cm³/mol. The van der Waals surface area contributed by atoms with Crippen LogP contribution in [0.25, 0.3) is 0 Å². The van der Waals surface area contributed by atoms with E-state index in [4.69, 9.17) is 13.1 Å². The van der Waals surface area contributed by atoms with Gasteiger partial charge in [-0.05, 0) is 6.07 Å². The van der Waals surface area contributed by atoms with Crippen molar-refractivity contribution in [2.24, 2.45) is 0 Å². The van der Waals surface area contributed by atoms with E-state index in [1.54, 1.807) is 0 Å². The number of rotatable bonds is 15. The molecule has 0 radical (unpaired) electrons. The Labute approximate surface area is 210 Å². The second-order valence-corrected chi connectivity index (χ2v) is 12.8. The molecule has 1 N–H and O–H groups in total. The number of morpholine rings is 1. The molecular weight excluding hydrogens is 544 g/mol. The van der Waals surface area contributed by atoms with Gasteiger partial charge in [0.05, 0.1) is 49.5 Å². The molecule has 0 aromatic heterocycles. The largest absolute Gasteiger partial charge is 0.379 e. The van der Waals surface area contributed by atoms with Crippen molar-refractivity contribution in [1.82, 2.24) is 9.62 Å². The highest BCUT2D eigenvalue weighted by atomic mass is 32.2. The topological polar surface area (TPSA) is 192 Å². The van der Waals surface area contributed by atoms with Gasteiger partial charge < -0.3 is 9.64 Å². The molecule has 0 aliphatic carbocycles. The third kappa shape index (κ3) is 10.6. The fourth-order valence-electron chi connectivity index (χ4n) is 3.28. The molecule has 0 unspecified atom stereocenters. The summed E-state index contributed by atoms with van der Waals surface area (Å²) in [5, 5.41) is 11.3. The lowest BCUT2D eigenvalue weighted by molar-refractivity contribution is -0.385. The lowest BCUT2D eigenvalue weighted by Gasteiger charge is -2.27. The molecule has 0 bridgehead atoms. The first kappa shape index (κ1) is 30.3. The number of nitro groups is 1. The summed E-state index contributed by atoms with van der Waals surface area (Å²) in [4.78, 5) is 13.5. The molecule has 0 saturated carbocycles. The molecule has 1 saturated heterocycles. The lowest BCUT2D eigenvalue weighted by Crippen LogP contribution is -2.41. The molecule has 1 heterocycles. The average Bonchev–Trinajstić information content (AvgIpc) is 2.76. The normalized spacial score (nSPS) is 15.6. The zero-order valence-corrected chi connectivity index (χ0v) is 22.3.